The third-order valence-electron chi connectivity index (χ3n) is 12.3. The molecule has 0 aliphatic heterocycles. The molecule has 0 unspecified atom stereocenters. The first-order valence-corrected chi connectivity index (χ1v) is 18.6. The van der Waals surface area contributed by atoms with E-state index in [0.29, 0.717) is 0 Å². The molecule has 0 saturated carbocycles. The van der Waals surface area contributed by atoms with Crippen LogP contribution in [0.2, 0.25) is 0 Å². The van der Waals surface area contributed by atoms with E-state index in [1.165, 1.54) is 110 Å². The smallest absolute Gasteiger partial charge is 0.0619 e. The van der Waals surface area contributed by atoms with Crippen LogP contribution < -0.4 is 0 Å². The Bertz CT molecular complexity index is 3070. The average molecular weight is 669 g/mol. The first-order valence-electron chi connectivity index (χ1n) is 18.6. The number of rotatable bonds is 2. The molecule has 2 aliphatic rings. The quantitative estimate of drug-likeness (QED) is 0.161. The highest BCUT2D eigenvalue weighted by Gasteiger charge is 2.52. The van der Waals surface area contributed by atoms with Crippen molar-refractivity contribution in [2.75, 3.05) is 0 Å². The molecule has 244 valence electrons. The van der Waals surface area contributed by atoms with Crippen molar-refractivity contribution in [2.45, 2.75) is 5.41 Å². The first kappa shape index (κ1) is 28.9. The number of fused-ring (bicyclic) bond motifs is 15. The summed E-state index contributed by atoms with van der Waals surface area (Å²) in [6.07, 6.45) is 0. The van der Waals surface area contributed by atoms with Gasteiger partial charge in [-0.3, -0.25) is 0 Å². The Morgan fingerprint density at radius 1 is 0.226 bits per heavy atom. The number of hydrogen-bond donors (Lipinski definition) is 0. The van der Waals surface area contributed by atoms with Gasteiger partial charge in [-0.1, -0.05) is 188 Å². The summed E-state index contributed by atoms with van der Waals surface area (Å²) in [5, 5.41) is 10.2. The van der Waals surface area contributed by atoms with Gasteiger partial charge in [-0.05, 0) is 116 Å². The van der Waals surface area contributed by atoms with Crippen molar-refractivity contribution in [1.82, 2.24) is 0 Å². The standard InChI is InChI=1S/C53H32/c1-2-18-34-33(16-1)17-15-28-38(34)50-40-23-5-7-25-42(40)51(43-26-8-6-24-41(43)50)45-32-49-52(39-22-4-3-19-35(39)45)44-27-11-14-31-48(44)53(49)46-29-12-9-20-36(46)37-21-10-13-30-47(37)53/h1-32H. The van der Waals surface area contributed by atoms with E-state index in [4.69, 9.17) is 0 Å². The molecule has 0 bridgehead atoms. The lowest BCUT2D eigenvalue weighted by molar-refractivity contribution is 0.795. The molecule has 0 N–H and O–H groups in total. The molecule has 0 heteroatoms. The molecule has 0 saturated heterocycles. The van der Waals surface area contributed by atoms with E-state index in [2.05, 4.69) is 194 Å². The zero-order valence-electron chi connectivity index (χ0n) is 29.0. The van der Waals surface area contributed by atoms with Crippen molar-refractivity contribution < 1.29 is 0 Å². The predicted molar refractivity (Wildman–Crippen MR) is 224 cm³/mol. The van der Waals surface area contributed by atoms with Crippen molar-refractivity contribution in [3.63, 3.8) is 0 Å². The lowest BCUT2D eigenvalue weighted by Crippen LogP contribution is -2.25. The van der Waals surface area contributed by atoms with Crippen LogP contribution in [0.25, 0.3) is 87.6 Å². The van der Waals surface area contributed by atoms with Crippen LogP contribution in [0.3, 0.4) is 0 Å². The molecule has 0 fully saturated rings. The van der Waals surface area contributed by atoms with Gasteiger partial charge in [-0.2, -0.15) is 0 Å². The van der Waals surface area contributed by atoms with Gasteiger partial charge in [-0.15, -0.1) is 0 Å². The topological polar surface area (TPSA) is 0 Å². The van der Waals surface area contributed by atoms with Crippen LogP contribution in [0.4, 0.5) is 0 Å². The Morgan fingerprint density at radius 2 is 0.604 bits per heavy atom. The van der Waals surface area contributed by atoms with Crippen molar-refractivity contribution in [2.24, 2.45) is 0 Å². The zero-order chi connectivity index (χ0) is 34.7. The van der Waals surface area contributed by atoms with Gasteiger partial charge < -0.3 is 0 Å². The molecule has 10 aromatic rings. The SMILES string of the molecule is c1ccc2c(c1)-c1ccccc1C21c2ccccc2-c2c1cc(-c1c3ccccc3c(-c3cccc4ccccc34)c3ccccc13)c1ccccc21. The zero-order valence-corrected chi connectivity index (χ0v) is 29.0. The van der Waals surface area contributed by atoms with Crippen LogP contribution in [0, 0.1) is 0 Å². The fourth-order valence-corrected chi connectivity index (χ4v) is 10.3. The molecule has 1 spiro atoms. The molecule has 0 radical (unpaired) electrons. The number of benzene rings is 10. The summed E-state index contributed by atoms with van der Waals surface area (Å²) in [5.41, 5.74) is 15.6. The molecule has 10 aromatic carbocycles. The Hall–Kier alpha value is -6.76. The van der Waals surface area contributed by atoms with Gasteiger partial charge >= 0.3 is 0 Å². The average Bonchev–Trinajstić information content (AvgIpc) is 3.70. The fourth-order valence-electron chi connectivity index (χ4n) is 10.3. The van der Waals surface area contributed by atoms with Crippen LogP contribution in [-0.2, 0) is 5.41 Å². The molecule has 53 heavy (non-hydrogen) atoms. The molecule has 12 rings (SSSR count). The molecule has 0 heterocycles. The highest BCUT2D eigenvalue weighted by Crippen LogP contribution is 2.64. The fraction of sp³-hybridized carbons (Fsp3) is 0.0189. The van der Waals surface area contributed by atoms with Crippen molar-refractivity contribution in [1.29, 1.82) is 0 Å². The van der Waals surface area contributed by atoms with Crippen molar-refractivity contribution in [3.8, 4) is 44.5 Å². The van der Waals surface area contributed by atoms with Gasteiger partial charge in [0.25, 0.3) is 0 Å². The summed E-state index contributed by atoms with van der Waals surface area (Å²) in [6, 6.07) is 72.8. The van der Waals surface area contributed by atoms with Crippen molar-refractivity contribution in [3.05, 3.63) is 216 Å². The largest absolute Gasteiger partial charge is 0.0725 e. The second-order valence-corrected chi connectivity index (χ2v) is 14.6. The summed E-state index contributed by atoms with van der Waals surface area (Å²) in [4.78, 5) is 0. The summed E-state index contributed by atoms with van der Waals surface area (Å²) < 4.78 is 0. The van der Waals surface area contributed by atoms with E-state index in [1.54, 1.807) is 0 Å². The maximum Gasteiger partial charge on any atom is 0.0725 e. The molecule has 0 nitrogen and oxygen atoms in total. The van der Waals surface area contributed by atoms with E-state index in [9.17, 15) is 0 Å². The van der Waals surface area contributed by atoms with Gasteiger partial charge in [0, 0.05) is 0 Å². The Morgan fingerprint density at radius 3 is 1.19 bits per heavy atom. The summed E-state index contributed by atoms with van der Waals surface area (Å²) in [7, 11) is 0. The molecule has 0 amide bonds. The molecular weight excluding hydrogens is 637 g/mol. The van der Waals surface area contributed by atoms with E-state index < -0.39 is 5.41 Å². The summed E-state index contributed by atoms with van der Waals surface area (Å²) in [5.74, 6) is 0. The van der Waals surface area contributed by atoms with Gasteiger partial charge in [0.2, 0.25) is 0 Å². The van der Waals surface area contributed by atoms with Crippen LogP contribution in [0.5, 0.6) is 0 Å². The van der Waals surface area contributed by atoms with Gasteiger partial charge in [0.15, 0.2) is 0 Å². The van der Waals surface area contributed by atoms with Gasteiger partial charge in [0.1, 0.15) is 0 Å². The second kappa shape index (κ2) is 10.6. The lowest BCUT2D eigenvalue weighted by Gasteiger charge is -2.31. The van der Waals surface area contributed by atoms with Crippen LogP contribution in [0.15, 0.2) is 194 Å². The minimum absolute atomic E-state index is 0.424. The second-order valence-electron chi connectivity index (χ2n) is 14.6. The number of hydrogen-bond acceptors (Lipinski definition) is 0. The minimum Gasteiger partial charge on any atom is -0.0619 e. The van der Waals surface area contributed by atoms with Gasteiger partial charge in [0.05, 0.1) is 5.41 Å². The monoisotopic (exact) mass is 668 g/mol. The van der Waals surface area contributed by atoms with Crippen molar-refractivity contribution >= 4 is 43.1 Å². The van der Waals surface area contributed by atoms with E-state index in [-0.39, 0.29) is 0 Å². The Kier molecular flexibility index (Phi) is 5.80. The van der Waals surface area contributed by atoms with Crippen LogP contribution >= 0.6 is 0 Å². The molecule has 0 aromatic heterocycles. The maximum atomic E-state index is 2.59. The van der Waals surface area contributed by atoms with E-state index in [1.807, 2.05) is 0 Å². The van der Waals surface area contributed by atoms with Gasteiger partial charge in [-0.25, -0.2) is 0 Å². The first-order chi connectivity index (χ1) is 26.3. The third kappa shape index (κ3) is 3.65. The molecule has 2 aliphatic carbocycles. The van der Waals surface area contributed by atoms with E-state index in [0.717, 1.165) is 0 Å². The van der Waals surface area contributed by atoms with E-state index >= 15 is 0 Å². The Balaban J connectivity index is 1.27. The molecule has 0 atom stereocenters. The lowest BCUT2D eigenvalue weighted by atomic mass is 9.69. The normalized spacial score (nSPS) is 13.4. The highest BCUT2D eigenvalue weighted by molar-refractivity contribution is 6.26. The predicted octanol–water partition coefficient (Wildman–Crippen LogP) is 14.0. The minimum atomic E-state index is -0.424. The molecular formula is C53H32. The highest BCUT2D eigenvalue weighted by atomic mass is 14.5. The summed E-state index contributed by atoms with van der Waals surface area (Å²) >= 11 is 0. The third-order valence-corrected chi connectivity index (χ3v) is 12.3. The maximum absolute atomic E-state index is 2.59. The van der Waals surface area contributed by atoms with Crippen LogP contribution in [0.1, 0.15) is 22.3 Å². The van der Waals surface area contributed by atoms with Crippen LogP contribution in [-0.4, -0.2) is 0 Å². The Labute approximate surface area is 308 Å². The summed E-state index contributed by atoms with van der Waals surface area (Å²) in [6.45, 7) is 0.